The number of amides is 1. The number of nitrogens with zero attached hydrogens (tertiary/aromatic N) is 1. The first-order chi connectivity index (χ1) is 15.2. The molecule has 0 fully saturated rings. The van der Waals surface area contributed by atoms with E-state index in [1.165, 1.54) is 4.31 Å². The molecule has 0 saturated carbocycles. The molecule has 3 aromatic rings. The molecule has 0 heterocycles. The largest absolute Gasteiger partial charge is 0.323 e. The highest BCUT2D eigenvalue weighted by Gasteiger charge is 2.28. The Morgan fingerprint density at radius 3 is 2.31 bits per heavy atom. The van der Waals surface area contributed by atoms with Crippen molar-refractivity contribution in [3.05, 3.63) is 83.4 Å². The summed E-state index contributed by atoms with van der Waals surface area (Å²) in [5.41, 5.74) is 3.91. The number of sulfonamides is 1. The van der Waals surface area contributed by atoms with E-state index < -0.39 is 15.9 Å². The van der Waals surface area contributed by atoms with Crippen LogP contribution in [0.2, 0.25) is 0 Å². The number of thioether (sulfide) groups is 1. The van der Waals surface area contributed by atoms with E-state index in [-0.39, 0.29) is 11.4 Å². The molecule has 0 unspecified atom stereocenters. The van der Waals surface area contributed by atoms with Gasteiger partial charge in [-0.05, 0) is 68.0 Å². The third-order valence-electron chi connectivity index (χ3n) is 5.20. The first-order valence-electron chi connectivity index (χ1n) is 10.4. The highest BCUT2D eigenvalue weighted by Crippen LogP contribution is 2.30. The quantitative estimate of drug-likeness (QED) is 0.440. The van der Waals surface area contributed by atoms with Crippen molar-refractivity contribution < 1.29 is 13.2 Å². The number of rotatable bonds is 8. The fourth-order valence-corrected chi connectivity index (χ4v) is 5.55. The highest BCUT2D eigenvalue weighted by atomic mass is 32.2. The molecule has 0 saturated heterocycles. The molecule has 168 valence electrons. The van der Waals surface area contributed by atoms with Crippen LogP contribution in [0.1, 0.15) is 23.6 Å². The summed E-state index contributed by atoms with van der Waals surface area (Å²) in [4.78, 5) is 14.2. The van der Waals surface area contributed by atoms with Crippen LogP contribution in [0.5, 0.6) is 0 Å². The fourth-order valence-electron chi connectivity index (χ4n) is 3.31. The van der Waals surface area contributed by atoms with Crippen LogP contribution in [0, 0.1) is 20.8 Å². The molecule has 7 heteroatoms. The molecule has 0 bridgehead atoms. The Labute approximate surface area is 194 Å². The number of hydrogen-bond donors (Lipinski definition) is 1. The third-order valence-corrected chi connectivity index (χ3v) is 7.93. The third kappa shape index (κ3) is 5.34. The monoisotopic (exact) mass is 468 g/mol. The Balaban J connectivity index is 1.99. The summed E-state index contributed by atoms with van der Waals surface area (Å²) >= 11 is 1.62. The fraction of sp³-hybridized carbons (Fsp3) is 0.240. The zero-order chi connectivity index (χ0) is 23.3. The summed E-state index contributed by atoms with van der Waals surface area (Å²) in [6.45, 7) is 7.41. The van der Waals surface area contributed by atoms with Gasteiger partial charge in [0.05, 0.1) is 16.3 Å². The Morgan fingerprint density at radius 2 is 1.62 bits per heavy atom. The highest BCUT2D eigenvalue weighted by molar-refractivity contribution is 7.99. The number of aryl methyl sites for hydroxylation is 2. The van der Waals surface area contributed by atoms with E-state index in [0.29, 0.717) is 11.4 Å². The molecule has 1 amide bonds. The van der Waals surface area contributed by atoms with Crippen molar-refractivity contribution in [3.63, 3.8) is 0 Å². The van der Waals surface area contributed by atoms with E-state index >= 15 is 0 Å². The van der Waals surface area contributed by atoms with Crippen molar-refractivity contribution in [1.82, 2.24) is 0 Å². The van der Waals surface area contributed by atoms with Gasteiger partial charge in [0, 0.05) is 4.90 Å². The SMILES string of the molecule is CCSc1ccccc1NC(=O)CN(c1cccc(C)c1C)S(=O)(=O)c1ccc(C)cc1. The maximum atomic E-state index is 13.6. The van der Waals surface area contributed by atoms with E-state index in [9.17, 15) is 13.2 Å². The van der Waals surface area contributed by atoms with Gasteiger partial charge in [0.2, 0.25) is 5.91 Å². The standard InChI is InChI=1S/C25H28N2O3S2/c1-5-31-24-12-7-6-10-22(24)26-25(28)17-27(23-11-8-9-19(3)20(23)4)32(29,30)21-15-13-18(2)14-16-21/h6-16H,5,17H2,1-4H3,(H,26,28). The molecular weight excluding hydrogens is 440 g/mol. The summed E-state index contributed by atoms with van der Waals surface area (Å²) in [7, 11) is -3.95. The van der Waals surface area contributed by atoms with Crippen molar-refractivity contribution >= 4 is 39.1 Å². The second kappa shape index (κ2) is 10.2. The van der Waals surface area contributed by atoms with Crippen LogP contribution >= 0.6 is 11.8 Å². The Kier molecular flexibility index (Phi) is 7.64. The summed E-state index contributed by atoms with van der Waals surface area (Å²) < 4.78 is 28.4. The molecule has 3 aromatic carbocycles. The molecule has 0 aliphatic carbocycles. The van der Waals surface area contributed by atoms with Gasteiger partial charge in [0.1, 0.15) is 6.54 Å². The molecule has 3 rings (SSSR count). The zero-order valence-electron chi connectivity index (χ0n) is 18.8. The summed E-state index contributed by atoms with van der Waals surface area (Å²) in [6.07, 6.45) is 0. The van der Waals surface area contributed by atoms with Crippen LogP contribution in [0.4, 0.5) is 11.4 Å². The molecule has 0 aliphatic heterocycles. The van der Waals surface area contributed by atoms with Crippen molar-refractivity contribution in [1.29, 1.82) is 0 Å². The summed E-state index contributed by atoms with van der Waals surface area (Å²) in [5.74, 6) is 0.467. The molecule has 0 spiro atoms. The predicted octanol–water partition coefficient (Wildman–Crippen LogP) is 5.56. The number of hydrogen-bond acceptors (Lipinski definition) is 4. The van der Waals surface area contributed by atoms with Crippen molar-refractivity contribution in [3.8, 4) is 0 Å². The lowest BCUT2D eigenvalue weighted by Gasteiger charge is -2.26. The van der Waals surface area contributed by atoms with E-state index in [1.54, 1.807) is 48.2 Å². The second-order valence-corrected chi connectivity index (χ2v) is 10.7. The topological polar surface area (TPSA) is 66.5 Å². The smallest absolute Gasteiger partial charge is 0.264 e. The van der Waals surface area contributed by atoms with Crippen LogP contribution in [-0.4, -0.2) is 26.6 Å². The van der Waals surface area contributed by atoms with Gasteiger partial charge in [-0.3, -0.25) is 9.10 Å². The van der Waals surface area contributed by atoms with E-state index in [4.69, 9.17) is 0 Å². The normalized spacial score (nSPS) is 11.2. The lowest BCUT2D eigenvalue weighted by molar-refractivity contribution is -0.114. The number of anilines is 2. The first-order valence-corrected chi connectivity index (χ1v) is 12.8. The molecule has 0 aliphatic rings. The Morgan fingerprint density at radius 1 is 0.938 bits per heavy atom. The van der Waals surface area contributed by atoms with Gasteiger partial charge in [-0.2, -0.15) is 0 Å². The molecule has 0 atom stereocenters. The molecular formula is C25H28N2O3S2. The van der Waals surface area contributed by atoms with Crippen LogP contribution in [0.25, 0.3) is 0 Å². The van der Waals surface area contributed by atoms with Crippen LogP contribution < -0.4 is 9.62 Å². The minimum absolute atomic E-state index is 0.152. The van der Waals surface area contributed by atoms with Gasteiger partial charge in [-0.25, -0.2) is 8.42 Å². The van der Waals surface area contributed by atoms with E-state index in [0.717, 1.165) is 27.3 Å². The van der Waals surface area contributed by atoms with Gasteiger partial charge >= 0.3 is 0 Å². The van der Waals surface area contributed by atoms with Gasteiger partial charge in [0.25, 0.3) is 10.0 Å². The lowest BCUT2D eigenvalue weighted by atomic mass is 10.1. The van der Waals surface area contributed by atoms with Gasteiger partial charge in [0.15, 0.2) is 0 Å². The van der Waals surface area contributed by atoms with Crippen LogP contribution in [0.15, 0.2) is 76.5 Å². The molecule has 1 N–H and O–H groups in total. The van der Waals surface area contributed by atoms with Crippen LogP contribution in [0.3, 0.4) is 0 Å². The molecule has 0 aromatic heterocycles. The van der Waals surface area contributed by atoms with E-state index in [1.807, 2.05) is 58.0 Å². The molecule has 0 radical (unpaired) electrons. The number of carbonyl (C=O) groups is 1. The van der Waals surface area contributed by atoms with Crippen LogP contribution in [-0.2, 0) is 14.8 Å². The van der Waals surface area contributed by atoms with Crippen molar-refractivity contribution in [2.75, 3.05) is 21.9 Å². The van der Waals surface area contributed by atoms with E-state index in [2.05, 4.69) is 5.32 Å². The first kappa shape index (κ1) is 23.9. The average molecular weight is 469 g/mol. The van der Waals surface area contributed by atoms with Gasteiger partial charge in [-0.15, -0.1) is 11.8 Å². The zero-order valence-corrected chi connectivity index (χ0v) is 20.4. The van der Waals surface area contributed by atoms with Crippen molar-refractivity contribution in [2.45, 2.75) is 37.5 Å². The Bertz CT molecular complexity index is 1210. The second-order valence-electron chi connectivity index (χ2n) is 7.52. The number of nitrogens with one attached hydrogen (secondary N) is 1. The number of benzene rings is 3. The molecule has 5 nitrogen and oxygen atoms in total. The minimum atomic E-state index is -3.95. The summed E-state index contributed by atoms with van der Waals surface area (Å²) in [5, 5.41) is 2.90. The summed E-state index contributed by atoms with van der Waals surface area (Å²) in [6, 6.07) is 19.7. The predicted molar refractivity (Wildman–Crippen MR) is 133 cm³/mol. The maximum absolute atomic E-state index is 13.6. The van der Waals surface area contributed by atoms with Crippen molar-refractivity contribution in [2.24, 2.45) is 0 Å². The minimum Gasteiger partial charge on any atom is -0.323 e. The number of para-hydroxylation sites is 1. The Hall–Kier alpha value is -2.77. The van der Waals surface area contributed by atoms with Gasteiger partial charge < -0.3 is 5.32 Å². The maximum Gasteiger partial charge on any atom is 0.264 e. The molecule has 32 heavy (non-hydrogen) atoms. The number of carbonyl (C=O) groups excluding carboxylic acids is 1. The lowest BCUT2D eigenvalue weighted by Crippen LogP contribution is -2.38. The average Bonchev–Trinajstić information content (AvgIpc) is 2.76. The van der Waals surface area contributed by atoms with Gasteiger partial charge in [-0.1, -0.05) is 48.9 Å².